The Morgan fingerprint density at radius 1 is 1.37 bits per heavy atom. The zero-order chi connectivity index (χ0) is 13.8. The van der Waals surface area contributed by atoms with E-state index in [4.69, 9.17) is 16.3 Å². The van der Waals surface area contributed by atoms with Gasteiger partial charge < -0.3 is 4.74 Å². The number of benzene rings is 1. The van der Waals surface area contributed by atoms with Crippen LogP contribution in [0.1, 0.15) is 16.1 Å². The summed E-state index contributed by atoms with van der Waals surface area (Å²) in [5, 5.41) is -0.0137. The fourth-order valence-corrected chi connectivity index (χ4v) is 1.64. The second-order valence-electron chi connectivity index (χ2n) is 3.78. The van der Waals surface area contributed by atoms with Crippen LogP contribution in [-0.2, 0) is 6.42 Å². The average Bonchev–Trinajstić information content (AvgIpc) is 2.42. The van der Waals surface area contributed by atoms with Gasteiger partial charge in [-0.15, -0.1) is 0 Å². The third-order valence-corrected chi connectivity index (χ3v) is 2.80. The van der Waals surface area contributed by atoms with Crippen molar-refractivity contribution in [2.75, 3.05) is 7.11 Å². The molecule has 1 heterocycles. The highest BCUT2D eigenvalue weighted by Gasteiger charge is 2.11. The molecule has 4 nitrogen and oxygen atoms in total. The van der Waals surface area contributed by atoms with Crippen molar-refractivity contribution >= 4 is 17.4 Å². The number of hydrogen-bond donors (Lipinski definition) is 0. The molecule has 0 bridgehead atoms. The number of carbonyl (C=O) groups excluding carboxylic acids is 1. The Morgan fingerprint density at radius 3 is 2.84 bits per heavy atom. The van der Waals surface area contributed by atoms with Crippen LogP contribution in [0.5, 0.6) is 5.88 Å². The Morgan fingerprint density at radius 2 is 2.16 bits per heavy atom. The fraction of sp³-hybridized carbons (Fsp3) is 0.154. The lowest BCUT2D eigenvalue weighted by atomic mass is 10.1. The van der Waals surface area contributed by atoms with Crippen molar-refractivity contribution in [1.29, 1.82) is 0 Å². The third-order valence-electron chi connectivity index (χ3n) is 2.49. The van der Waals surface area contributed by atoms with Crippen LogP contribution >= 0.6 is 11.6 Å². The predicted molar refractivity (Wildman–Crippen MR) is 68.0 cm³/mol. The number of ketones is 1. The van der Waals surface area contributed by atoms with Gasteiger partial charge in [0.2, 0.25) is 5.88 Å². The number of methoxy groups -OCH3 is 1. The van der Waals surface area contributed by atoms with Gasteiger partial charge in [-0.3, -0.25) is 4.79 Å². The van der Waals surface area contributed by atoms with Crippen LogP contribution in [0.3, 0.4) is 0 Å². The van der Waals surface area contributed by atoms with Gasteiger partial charge >= 0.3 is 0 Å². The highest BCUT2D eigenvalue weighted by molar-refractivity contribution is 6.30. The number of nitrogens with zero attached hydrogens (tertiary/aromatic N) is 2. The van der Waals surface area contributed by atoms with Gasteiger partial charge in [0, 0.05) is 11.6 Å². The van der Waals surface area contributed by atoms with E-state index in [1.807, 2.05) is 0 Å². The molecule has 0 fully saturated rings. The van der Waals surface area contributed by atoms with Crippen LogP contribution < -0.4 is 4.74 Å². The highest BCUT2D eigenvalue weighted by Crippen LogP contribution is 2.17. The van der Waals surface area contributed by atoms with Gasteiger partial charge in [0.05, 0.1) is 24.2 Å². The van der Waals surface area contributed by atoms with Gasteiger partial charge in [-0.25, -0.2) is 14.4 Å². The molecule has 0 radical (unpaired) electrons. The normalized spacial score (nSPS) is 10.3. The monoisotopic (exact) mass is 280 g/mol. The number of Topliss-reactive ketones (excluding diaryl/α,β-unsaturated/α-hetero) is 1. The number of ether oxygens (including phenoxy) is 1. The average molecular weight is 281 g/mol. The second kappa shape index (κ2) is 5.75. The van der Waals surface area contributed by atoms with E-state index in [9.17, 15) is 9.18 Å². The summed E-state index contributed by atoms with van der Waals surface area (Å²) in [6, 6.07) is 5.50. The van der Waals surface area contributed by atoms with E-state index in [1.54, 1.807) is 6.07 Å². The molecule has 0 spiro atoms. The third kappa shape index (κ3) is 3.26. The molecule has 0 amide bonds. The number of halogens is 2. The largest absolute Gasteiger partial charge is 0.481 e. The standard InChI is InChI=1S/C13H10ClFN2O2/c1-19-13-6-9(16-7-17-13)5-12(18)8-2-3-10(14)11(15)4-8/h2-4,6-7H,5H2,1H3. The van der Waals surface area contributed by atoms with E-state index in [0.29, 0.717) is 11.6 Å². The molecule has 0 N–H and O–H groups in total. The van der Waals surface area contributed by atoms with Crippen molar-refractivity contribution in [1.82, 2.24) is 9.97 Å². The smallest absolute Gasteiger partial charge is 0.216 e. The summed E-state index contributed by atoms with van der Waals surface area (Å²) >= 11 is 5.56. The summed E-state index contributed by atoms with van der Waals surface area (Å²) in [6.45, 7) is 0. The molecule has 1 aromatic heterocycles. The molecule has 6 heteroatoms. The van der Waals surface area contributed by atoms with Crippen LogP contribution in [0.15, 0.2) is 30.6 Å². The number of rotatable bonds is 4. The van der Waals surface area contributed by atoms with Gasteiger partial charge in [0.1, 0.15) is 12.1 Å². The van der Waals surface area contributed by atoms with Crippen molar-refractivity contribution in [3.63, 3.8) is 0 Å². The summed E-state index contributed by atoms with van der Waals surface area (Å²) in [4.78, 5) is 19.8. The zero-order valence-electron chi connectivity index (χ0n) is 10.1. The van der Waals surface area contributed by atoms with Crippen LogP contribution in [0.2, 0.25) is 5.02 Å². The lowest BCUT2D eigenvalue weighted by Crippen LogP contribution is -2.06. The van der Waals surface area contributed by atoms with Gasteiger partial charge in [0.25, 0.3) is 0 Å². The van der Waals surface area contributed by atoms with Crippen LogP contribution in [0.25, 0.3) is 0 Å². The summed E-state index contributed by atoms with van der Waals surface area (Å²) in [7, 11) is 1.47. The zero-order valence-corrected chi connectivity index (χ0v) is 10.8. The molecule has 2 rings (SSSR count). The minimum Gasteiger partial charge on any atom is -0.481 e. The maximum atomic E-state index is 13.3. The van der Waals surface area contributed by atoms with E-state index in [1.165, 1.54) is 25.6 Å². The molecule has 0 aliphatic heterocycles. The molecule has 19 heavy (non-hydrogen) atoms. The number of carbonyl (C=O) groups is 1. The Kier molecular flexibility index (Phi) is 4.06. The van der Waals surface area contributed by atoms with E-state index < -0.39 is 5.82 Å². The van der Waals surface area contributed by atoms with E-state index >= 15 is 0 Å². The summed E-state index contributed by atoms with van der Waals surface area (Å²) in [5.41, 5.74) is 0.756. The Bertz CT molecular complexity index is 619. The van der Waals surface area contributed by atoms with Crippen molar-refractivity contribution in [3.05, 3.63) is 52.7 Å². The molecule has 0 saturated carbocycles. The molecular weight excluding hydrogens is 271 g/mol. The first-order valence-electron chi connectivity index (χ1n) is 5.43. The Hall–Kier alpha value is -2.01. The molecule has 0 aliphatic rings. The first kappa shape index (κ1) is 13.4. The Labute approximate surface area is 114 Å². The SMILES string of the molecule is COc1cc(CC(=O)c2ccc(Cl)c(F)c2)ncn1. The van der Waals surface area contributed by atoms with Crippen LogP contribution in [0.4, 0.5) is 4.39 Å². The molecule has 98 valence electrons. The summed E-state index contributed by atoms with van der Waals surface area (Å²) in [5.74, 6) is -0.496. The lowest BCUT2D eigenvalue weighted by Gasteiger charge is -2.03. The first-order chi connectivity index (χ1) is 9.10. The molecule has 0 saturated heterocycles. The fourth-order valence-electron chi connectivity index (χ4n) is 1.52. The molecule has 1 aromatic carbocycles. The van der Waals surface area contributed by atoms with Gasteiger partial charge in [0.15, 0.2) is 5.78 Å². The molecule has 0 atom stereocenters. The summed E-state index contributed by atoms with van der Waals surface area (Å²) < 4.78 is 18.2. The van der Waals surface area contributed by atoms with E-state index in [0.717, 1.165) is 6.07 Å². The quantitative estimate of drug-likeness (QED) is 0.808. The molecule has 0 unspecified atom stereocenters. The van der Waals surface area contributed by atoms with E-state index in [-0.39, 0.29) is 22.8 Å². The van der Waals surface area contributed by atoms with Crippen molar-refractivity contribution < 1.29 is 13.9 Å². The summed E-state index contributed by atoms with van der Waals surface area (Å²) in [6.07, 6.45) is 1.35. The lowest BCUT2D eigenvalue weighted by molar-refractivity contribution is 0.0991. The minimum atomic E-state index is -0.618. The van der Waals surface area contributed by atoms with Gasteiger partial charge in [-0.2, -0.15) is 0 Å². The van der Waals surface area contributed by atoms with Crippen LogP contribution in [-0.4, -0.2) is 22.9 Å². The maximum absolute atomic E-state index is 13.3. The van der Waals surface area contributed by atoms with Crippen molar-refractivity contribution in [3.8, 4) is 5.88 Å². The number of hydrogen-bond acceptors (Lipinski definition) is 4. The van der Waals surface area contributed by atoms with Gasteiger partial charge in [-0.1, -0.05) is 11.6 Å². The highest BCUT2D eigenvalue weighted by atomic mass is 35.5. The number of aromatic nitrogens is 2. The first-order valence-corrected chi connectivity index (χ1v) is 5.81. The topological polar surface area (TPSA) is 52.1 Å². The van der Waals surface area contributed by atoms with Crippen molar-refractivity contribution in [2.45, 2.75) is 6.42 Å². The Balaban J connectivity index is 2.18. The minimum absolute atomic E-state index is 0.0137. The van der Waals surface area contributed by atoms with Crippen molar-refractivity contribution in [2.24, 2.45) is 0 Å². The molecule has 2 aromatic rings. The molecule has 0 aliphatic carbocycles. The van der Waals surface area contributed by atoms with E-state index in [2.05, 4.69) is 9.97 Å². The van der Waals surface area contributed by atoms with Gasteiger partial charge in [-0.05, 0) is 18.2 Å². The maximum Gasteiger partial charge on any atom is 0.216 e. The molecular formula is C13H10ClFN2O2. The predicted octanol–water partition coefficient (Wildman–Crippen LogP) is 2.70. The second-order valence-corrected chi connectivity index (χ2v) is 4.19. The van der Waals surface area contributed by atoms with Crippen LogP contribution in [0, 0.1) is 5.82 Å².